The first kappa shape index (κ1) is 17.6. The second kappa shape index (κ2) is 8.19. The van der Waals surface area contributed by atoms with Crippen molar-refractivity contribution in [3.63, 3.8) is 0 Å². The lowest BCUT2D eigenvalue weighted by Crippen LogP contribution is -2.48. The van der Waals surface area contributed by atoms with Crippen LogP contribution in [-0.2, 0) is 11.2 Å². The molecule has 5 N–H and O–H groups in total. The van der Waals surface area contributed by atoms with E-state index in [1.165, 1.54) is 11.3 Å². The van der Waals surface area contributed by atoms with Crippen LogP contribution in [0.4, 0.5) is 0 Å². The molecule has 2 aromatic heterocycles. The van der Waals surface area contributed by atoms with Gasteiger partial charge in [-0.2, -0.15) is 0 Å². The summed E-state index contributed by atoms with van der Waals surface area (Å²) in [7, 11) is 0. The van der Waals surface area contributed by atoms with E-state index in [4.69, 9.17) is 5.73 Å². The van der Waals surface area contributed by atoms with Crippen molar-refractivity contribution in [2.75, 3.05) is 0 Å². The number of H-pyrrole nitrogens is 1. The fraction of sp³-hybridized carbons (Fsp3) is 0.533. The Hall–Kier alpha value is -1.77. The van der Waals surface area contributed by atoms with Crippen LogP contribution in [0.1, 0.15) is 37.1 Å². The number of rotatable bonds is 8. The molecule has 126 valence electrons. The Morgan fingerprint density at radius 2 is 2.26 bits per heavy atom. The first-order valence-corrected chi connectivity index (χ1v) is 8.46. The van der Waals surface area contributed by atoms with E-state index < -0.39 is 18.2 Å². The van der Waals surface area contributed by atoms with Gasteiger partial charge in [0.2, 0.25) is 5.91 Å². The summed E-state index contributed by atoms with van der Waals surface area (Å²) in [5.74, 6) is 0.0201. The van der Waals surface area contributed by atoms with Gasteiger partial charge in [-0.1, -0.05) is 13.8 Å². The predicted octanol–water partition coefficient (Wildman–Crippen LogP) is 1.00. The van der Waals surface area contributed by atoms with E-state index in [2.05, 4.69) is 20.3 Å². The number of aromatic amines is 1. The van der Waals surface area contributed by atoms with Gasteiger partial charge < -0.3 is 21.1 Å². The quantitative estimate of drug-likeness (QED) is 0.573. The molecule has 0 unspecified atom stereocenters. The maximum absolute atomic E-state index is 12.3. The molecule has 1 amide bonds. The summed E-state index contributed by atoms with van der Waals surface area (Å²) in [6, 6.07) is -1.13. The van der Waals surface area contributed by atoms with E-state index in [1.807, 2.05) is 13.8 Å². The minimum atomic E-state index is -0.834. The molecule has 0 saturated heterocycles. The number of nitrogens with two attached hydrogens (primary N) is 1. The molecule has 0 fully saturated rings. The van der Waals surface area contributed by atoms with Gasteiger partial charge in [0.05, 0.1) is 24.1 Å². The van der Waals surface area contributed by atoms with Crippen LogP contribution in [0.15, 0.2) is 24.1 Å². The maximum atomic E-state index is 12.3. The lowest BCUT2D eigenvalue weighted by molar-refractivity contribution is -0.124. The Morgan fingerprint density at radius 1 is 1.48 bits per heavy atom. The lowest BCUT2D eigenvalue weighted by Gasteiger charge is -2.25. The lowest BCUT2D eigenvalue weighted by atomic mass is 9.98. The van der Waals surface area contributed by atoms with Gasteiger partial charge in [-0.05, 0) is 12.3 Å². The molecule has 0 aliphatic heterocycles. The molecule has 0 aliphatic rings. The van der Waals surface area contributed by atoms with Crippen LogP contribution in [0.25, 0.3) is 0 Å². The molecule has 2 heterocycles. The fourth-order valence-electron chi connectivity index (χ4n) is 2.34. The van der Waals surface area contributed by atoms with Crippen LogP contribution in [-0.4, -0.2) is 38.0 Å². The summed E-state index contributed by atoms with van der Waals surface area (Å²) in [5.41, 5.74) is 6.68. The molecule has 3 atom stereocenters. The third-order valence-electron chi connectivity index (χ3n) is 3.46. The van der Waals surface area contributed by atoms with E-state index in [0.717, 1.165) is 5.69 Å². The highest BCUT2D eigenvalue weighted by molar-refractivity contribution is 7.09. The van der Waals surface area contributed by atoms with Gasteiger partial charge >= 0.3 is 0 Å². The van der Waals surface area contributed by atoms with Gasteiger partial charge in [-0.25, -0.2) is 9.97 Å². The average molecular weight is 337 g/mol. The SMILES string of the molecule is CC(C)C[C@H](NC(=O)[C@@H](N)Cc1c[nH]cn1)[C@@H](O)c1nccs1. The van der Waals surface area contributed by atoms with Gasteiger partial charge in [-0.3, -0.25) is 4.79 Å². The number of imidazole rings is 1. The Morgan fingerprint density at radius 3 is 2.83 bits per heavy atom. The average Bonchev–Trinajstić information content (AvgIpc) is 3.18. The number of aliphatic hydroxyl groups is 1. The molecule has 2 rings (SSSR count). The number of thiazole rings is 1. The van der Waals surface area contributed by atoms with Gasteiger partial charge in [0.25, 0.3) is 0 Å². The number of aromatic nitrogens is 3. The largest absolute Gasteiger partial charge is 0.384 e. The summed E-state index contributed by atoms with van der Waals surface area (Å²) in [6.45, 7) is 4.08. The highest BCUT2D eigenvalue weighted by atomic mass is 32.1. The summed E-state index contributed by atoms with van der Waals surface area (Å²) >= 11 is 1.37. The number of hydrogen-bond donors (Lipinski definition) is 4. The van der Waals surface area contributed by atoms with Crippen LogP contribution in [0.3, 0.4) is 0 Å². The highest BCUT2D eigenvalue weighted by Crippen LogP contribution is 2.23. The Balaban J connectivity index is 2.00. The molecule has 23 heavy (non-hydrogen) atoms. The van der Waals surface area contributed by atoms with Crippen molar-refractivity contribution >= 4 is 17.2 Å². The van der Waals surface area contributed by atoms with Gasteiger partial charge in [0, 0.05) is 24.2 Å². The van der Waals surface area contributed by atoms with Crippen molar-refractivity contribution in [3.05, 3.63) is 34.8 Å². The molecule has 0 spiro atoms. The van der Waals surface area contributed by atoms with E-state index in [1.54, 1.807) is 24.1 Å². The zero-order valence-electron chi connectivity index (χ0n) is 13.3. The molecule has 0 bridgehead atoms. The smallest absolute Gasteiger partial charge is 0.237 e. The second-order valence-electron chi connectivity index (χ2n) is 5.93. The molecule has 0 saturated carbocycles. The highest BCUT2D eigenvalue weighted by Gasteiger charge is 2.27. The first-order chi connectivity index (χ1) is 11.0. The Labute approximate surface area is 139 Å². The number of nitrogens with one attached hydrogen (secondary N) is 2. The molecule has 0 aliphatic carbocycles. The van der Waals surface area contributed by atoms with Crippen LogP contribution in [0.2, 0.25) is 0 Å². The van der Waals surface area contributed by atoms with E-state index >= 15 is 0 Å². The second-order valence-corrected chi connectivity index (χ2v) is 6.86. The molecule has 2 aromatic rings. The van der Waals surface area contributed by atoms with Crippen LogP contribution in [0.5, 0.6) is 0 Å². The number of nitrogens with zero attached hydrogens (tertiary/aromatic N) is 2. The molecular formula is C15H23N5O2S. The Bertz CT molecular complexity index is 585. The fourth-order valence-corrected chi connectivity index (χ4v) is 3.02. The van der Waals surface area contributed by atoms with Crippen molar-refractivity contribution in [1.29, 1.82) is 0 Å². The van der Waals surface area contributed by atoms with E-state index in [9.17, 15) is 9.90 Å². The van der Waals surface area contributed by atoms with Crippen molar-refractivity contribution < 1.29 is 9.90 Å². The van der Waals surface area contributed by atoms with Crippen molar-refractivity contribution in [2.45, 2.75) is 44.9 Å². The predicted molar refractivity (Wildman–Crippen MR) is 88.7 cm³/mol. The maximum Gasteiger partial charge on any atom is 0.237 e. The minimum absolute atomic E-state index is 0.297. The number of amides is 1. The van der Waals surface area contributed by atoms with Crippen LogP contribution >= 0.6 is 11.3 Å². The van der Waals surface area contributed by atoms with Crippen LogP contribution in [0, 0.1) is 5.92 Å². The summed E-state index contributed by atoms with van der Waals surface area (Å²) < 4.78 is 0. The van der Waals surface area contributed by atoms with Gasteiger partial charge in [-0.15, -0.1) is 11.3 Å². The van der Waals surface area contributed by atoms with Crippen LogP contribution < -0.4 is 11.1 Å². The monoisotopic (exact) mass is 337 g/mol. The topological polar surface area (TPSA) is 117 Å². The van der Waals surface area contributed by atoms with Gasteiger partial charge in [0.15, 0.2) is 0 Å². The summed E-state index contributed by atoms with van der Waals surface area (Å²) in [6.07, 6.45) is 5.05. The van der Waals surface area contributed by atoms with E-state index in [0.29, 0.717) is 23.8 Å². The number of carbonyl (C=O) groups is 1. The third kappa shape index (κ3) is 5.12. The van der Waals surface area contributed by atoms with Crippen molar-refractivity contribution in [2.24, 2.45) is 11.7 Å². The number of aliphatic hydroxyl groups excluding tert-OH is 1. The van der Waals surface area contributed by atoms with E-state index in [-0.39, 0.29) is 5.91 Å². The van der Waals surface area contributed by atoms with Crippen molar-refractivity contribution in [3.8, 4) is 0 Å². The third-order valence-corrected chi connectivity index (χ3v) is 4.31. The number of carbonyl (C=O) groups excluding carboxylic acids is 1. The van der Waals surface area contributed by atoms with Crippen molar-refractivity contribution in [1.82, 2.24) is 20.3 Å². The molecule has 7 nitrogen and oxygen atoms in total. The molecule has 0 radical (unpaired) electrons. The zero-order chi connectivity index (χ0) is 16.8. The molecule has 8 heteroatoms. The molecule has 0 aromatic carbocycles. The molecular weight excluding hydrogens is 314 g/mol. The zero-order valence-corrected chi connectivity index (χ0v) is 14.1. The normalized spacial score (nSPS) is 15.3. The summed E-state index contributed by atoms with van der Waals surface area (Å²) in [5, 5.41) is 15.7. The standard InChI is InChI=1S/C15H23N5O2S/c1-9(2)5-12(13(21)15-18-3-4-23-15)20-14(22)11(16)6-10-7-17-8-19-10/h3-4,7-9,11-13,21H,5-6,16H2,1-2H3,(H,17,19)(H,20,22)/t11-,12-,13+/m0/s1. The van der Waals surface area contributed by atoms with Gasteiger partial charge in [0.1, 0.15) is 11.1 Å². The number of hydrogen-bond acceptors (Lipinski definition) is 6. The Kier molecular flexibility index (Phi) is 6.26. The first-order valence-electron chi connectivity index (χ1n) is 7.58. The summed E-state index contributed by atoms with van der Waals surface area (Å²) in [4.78, 5) is 23.4. The minimum Gasteiger partial charge on any atom is -0.384 e.